The fourth-order valence-corrected chi connectivity index (χ4v) is 8.50. The fraction of sp³-hybridized carbons (Fsp3) is 0.0526. The van der Waals surface area contributed by atoms with Crippen LogP contribution in [0.1, 0.15) is 41.2 Å². The molecule has 1 unspecified atom stereocenters. The maximum atomic E-state index is 5.76. The van der Waals surface area contributed by atoms with Crippen LogP contribution in [-0.2, 0) is 0 Å². The van der Waals surface area contributed by atoms with Crippen molar-refractivity contribution in [1.29, 1.82) is 0 Å². The largest absolute Gasteiger partial charge is 0.309 e. The van der Waals surface area contributed by atoms with Gasteiger partial charge in [0.1, 0.15) is 0 Å². The van der Waals surface area contributed by atoms with Gasteiger partial charge in [-0.3, -0.25) is 0 Å². The number of benzene rings is 8. The lowest BCUT2D eigenvalue weighted by Crippen LogP contribution is -2.17. The Bertz CT molecular complexity index is 3140. The SMILES string of the molecule is CC1C/C=C(\C(=C\c2ccccc2)c2ccccc2)/N=C(/C(=C\c2cccc3ccccc23)c2ccccc2)\N=C/1c1ccc2c3ccccc3n(-c3ccccc3)c2c1. The smallest absolute Gasteiger partial charge is 0.160 e. The third-order valence-electron chi connectivity index (χ3n) is 11.5. The van der Waals surface area contributed by atoms with E-state index < -0.39 is 0 Å². The van der Waals surface area contributed by atoms with Crippen molar-refractivity contribution in [3.05, 3.63) is 246 Å². The minimum absolute atomic E-state index is 0.0702. The molecule has 10 rings (SSSR count). The number of amidine groups is 1. The summed E-state index contributed by atoms with van der Waals surface area (Å²) < 4.78 is 2.38. The molecule has 1 aromatic heterocycles. The molecular formula is C57H43N3. The second-order valence-corrected chi connectivity index (χ2v) is 15.4. The Morgan fingerprint density at radius 2 is 1.12 bits per heavy atom. The zero-order valence-corrected chi connectivity index (χ0v) is 33.5. The lowest BCUT2D eigenvalue weighted by Gasteiger charge is -2.21. The molecule has 0 radical (unpaired) electrons. The van der Waals surface area contributed by atoms with Crippen LogP contribution in [0.5, 0.6) is 0 Å². The van der Waals surface area contributed by atoms with Crippen LogP contribution in [0.4, 0.5) is 0 Å². The number of hydrogen-bond acceptors (Lipinski definition) is 2. The summed E-state index contributed by atoms with van der Waals surface area (Å²) in [4.78, 5) is 11.4. The molecule has 0 N–H and O–H groups in total. The Morgan fingerprint density at radius 1 is 0.517 bits per heavy atom. The van der Waals surface area contributed by atoms with E-state index in [0.717, 1.165) is 68.0 Å². The molecule has 286 valence electrons. The van der Waals surface area contributed by atoms with E-state index in [2.05, 4.69) is 236 Å². The molecule has 1 atom stereocenters. The van der Waals surface area contributed by atoms with E-state index in [0.29, 0.717) is 5.84 Å². The van der Waals surface area contributed by atoms with E-state index in [4.69, 9.17) is 9.98 Å². The molecule has 60 heavy (non-hydrogen) atoms. The van der Waals surface area contributed by atoms with Gasteiger partial charge in [0.05, 0.1) is 22.4 Å². The van der Waals surface area contributed by atoms with Crippen LogP contribution in [0.3, 0.4) is 0 Å². The summed E-state index contributed by atoms with van der Waals surface area (Å²) in [5.74, 6) is 0.737. The van der Waals surface area contributed by atoms with E-state index >= 15 is 0 Å². The first-order chi connectivity index (χ1) is 29.7. The van der Waals surface area contributed by atoms with E-state index in [-0.39, 0.29) is 5.92 Å². The highest BCUT2D eigenvalue weighted by atomic mass is 15.0. The van der Waals surface area contributed by atoms with E-state index in [9.17, 15) is 0 Å². The topological polar surface area (TPSA) is 29.6 Å². The Hall–Kier alpha value is -7.62. The second kappa shape index (κ2) is 16.3. The molecule has 9 aromatic rings. The predicted molar refractivity (Wildman–Crippen MR) is 256 cm³/mol. The molecule has 0 saturated carbocycles. The van der Waals surface area contributed by atoms with Gasteiger partial charge in [0.15, 0.2) is 5.84 Å². The minimum Gasteiger partial charge on any atom is -0.309 e. The van der Waals surface area contributed by atoms with Crippen molar-refractivity contribution >= 4 is 67.4 Å². The van der Waals surface area contributed by atoms with Gasteiger partial charge in [-0.1, -0.05) is 195 Å². The van der Waals surface area contributed by atoms with Crippen LogP contribution >= 0.6 is 0 Å². The molecule has 3 heteroatoms. The minimum atomic E-state index is 0.0702. The summed E-state index contributed by atoms with van der Waals surface area (Å²) in [5.41, 5.74) is 12.8. The quantitative estimate of drug-likeness (QED) is 0.138. The molecule has 0 saturated heterocycles. The Kier molecular flexibility index (Phi) is 9.99. The first-order valence-corrected chi connectivity index (χ1v) is 20.7. The number of aliphatic imine (C=N–C) groups is 2. The average molecular weight is 770 g/mol. The summed E-state index contributed by atoms with van der Waals surface area (Å²) >= 11 is 0. The summed E-state index contributed by atoms with van der Waals surface area (Å²) in [6.07, 6.45) is 7.62. The molecular weight excluding hydrogens is 727 g/mol. The highest BCUT2D eigenvalue weighted by Gasteiger charge is 2.23. The summed E-state index contributed by atoms with van der Waals surface area (Å²) in [6, 6.07) is 73.0. The van der Waals surface area contributed by atoms with Crippen molar-refractivity contribution in [2.75, 3.05) is 0 Å². The Labute approximate surface area is 351 Å². The van der Waals surface area contributed by atoms with Gasteiger partial charge >= 0.3 is 0 Å². The van der Waals surface area contributed by atoms with E-state index in [1.165, 1.54) is 27.1 Å². The maximum absolute atomic E-state index is 5.76. The normalized spacial score (nSPS) is 17.6. The summed E-state index contributed by atoms with van der Waals surface area (Å²) in [5, 5.41) is 4.82. The fourth-order valence-electron chi connectivity index (χ4n) is 8.50. The van der Waals surface area contributed by atoms with Crippen molar-refractivity contribution < 1.29 is 0 Å². The zero-order chi connectivity index (χ0) is 40.3. The van der Waals surface area contributed by atoms with Crippen molar-refractivity contribution in [2.24, 2.45) is 15.9 Å². The van der Waals surface area contributed by atoms with Crippen LogP contribution < -0.4 is 0 Å². The standard InChI is InChI=1S/C57H43N3/c1-40-33-36-53(51(43-21-8-3-9-22-43)37-41-19-6-2-7-20-41)58-57(52(44-23-10-4-11-24-44)38-45-27-18-26-42-25-14-15-30-48(42)45)59-56(40)46-34-35-50-49-31-16-17-32-54(49)60(55(50)39-46)47-28-12-5-13-29-47/h2-32,34-40H,33H2,1H3/b51-37+,52-38-,53-36+,58-57-,59-56+. The molecule has 3 nitrogen and oxygen atoms in total. The van der Waals surface area contributed by atoms with E-state index in [1.54, 1.807) is 0 Å². The molecule has 1 aliphatic heterocycles. The maximum Gasteiger partial charge on any atom is 0.160 e. The Morgan fingerprint density at radius 3 is 1.87 bits per heavy atom. The number of para-hydroxylation sites is 2. The molecule has 2 heterocycles. The third kappa shape index (κ3) is 7.23. The number of hydrogen-bond donors (Lipinski definition) is 0. The number of aromatic nitrogens is 1. The van der Waals surface area contributed by atoms with Crippen molar-refractivity contribution in [3.8, 4) is 5.69 Å². The van der Waals surface area contributed by atoms with Gasteiger partial charge in [0, 0.05) is 33.5 Å². The van der Waals surface area contributed by atoms with Crippen LogP contribution in [0, 0.1) is 5.92 Å². The van der Waals surface area contributed by atoms with Crippen molar-refractivity contribution in [1.82, 2.24) is 4.57 Å². The molecule has 0 aliphatic carbocycles. The van der Waals surface area contributed by atoms with Crippen molar-refractivity contribution in [2.45, 2.75) is 13.3 Å². The molecule has 1 aliphatic rings. The lowest BCUT2D eigenvalue weighted by molar-refractivity contribution is 0.786. The van der Waals surface area contributed by atoms with Gasteiger partial charge in [0.2, 0.25) is 0 Å². The van der Waals surface area contributed by atoms with Gasteiger partial charge in [-0.2, -0.15) is 0 Å². The number of allylic oxidation sites excluding steroid dienone is 2. The van der Waals surface area contributed by atoms with Crippen LogP contribution in [0.15, 0.2) is 228 Å². The van der Waals surface area contributed by atoms with Gasteiger partial charge in [-0.25, -0.2) is 9.98 Å². The first kappa shape index (κ1) is 36.7. The lowest BCUT2D eigenvalue weighted by atomic mass is 9.91. The molecule has 8 aromatic carbocycles. The van der Waals surface area contributed by atoms with Crippen LogP contribution in [0.2, 0.25) is 0 Å². The average Bonchev–Trinajstić information content (AvgIpc) is 3.64. The number of fused-ring (bicyclic) bond motifs is 4. The predicted octanol–water partition coefficient (Wildman–Crippen LogP) is 14.5. The summed E-state index contributed by atoms with van der Waals surface area (Å²) in [7, 11) is 0. The van der Waals surface area contributed by atoms with Crippen LogP contribution in [0.25, 0.3) is 61.6 Å². The number of rotatable bonds is 8. The van der Waals surface area contributed by atoms with Crippen LogP contribution in [-0.4, -0.2) is 16.1 Å². The highest BCUT2D eigenvalue weighted by Crippen LogP contribution is 2.36. The van der Waals surface area contributed by atoms with Crippen molar-refractivity contribution in [3.63, 3.8) is 0 Å². The Balaban J connectivity index is 1.24. The van der Waals surface area contributed by atoms with E-state index in [1.807, 2.05) is 0 Å². The molecule has 0 spiro atoms. The molecule has 0 bridgehead atoms. The third-order valence-corrected chi connectivity index (χ3v) is 11.5. The number of nitrogens with zero attached hydrogens (tertiary/aromatic N) is 3. The monoisotopic (exact) mass is 769 g/mol. The summed E-state index contributed by atoms with van der Waals surface area (Å²) in [6.45, 7) is 2.30. The molecule has 0 amide bonds. The first-order valence-electron chi connectivity index (χ1n) is 20.7. The highest BCUT2D eigenvalue weighted by molar-refractivity contribution is 6.32. The van der Waals surface area contributed by atoms with Gasteiger partial charge < -0.3 is 4.57 Å². The van der Waals surface area contributed by atoms with Gasteiger partial charge in [0.25, 0.3) is 0 Å². The van der Waals surface area contributed by atoms with Gasteiger partial charge in [-0.15, -0.1) is 0 Å². The van der Waals surface area contributed by atoms with Gasteiger partial charge in [-0.05, 0) is 81.4 Å². The zero-order valence-electron chi connectivity index (χ0n) is 33.5. The molecule has 0 fully saturated rings. The second-order valence-electron chi connectivity index (χ2n) is 15.4.